The first-order valence-corrected chi connectivity index (χ1v) is 8.15. The molecule has 23 heavy (non-hydrogen) atoms. The maximum atomic E-state index is 14.3. The van der Waals surface area contributed by atoms with Crippen molar-refractivity contribution in [3.05, 3.63) is 23.8 Å². The molecule has 6 nitrogen and oxygen atoms in total. The monoisotopic (exact) mass is 344 g/mol. The van der Waals surface area contributed by atoms with Crippen LogP contribution in [0.25, 0.3) is 0 Å². The minimum absolute atomic E-state index is 0.0520. The highest BCUT2D eigenvalue weighted by molar-refractivity contribution is 7.99. The molecule has 0 radical (unpaired) electrons. The number of cyclic esters (lactones) is 1. The van der Waals surface area contributed by atoms with Crippen molar-refractivity contribution in [1.29, 1.82) is 0 Å². The van der Waals surface area contributed by atoms with Crippen LogP contribution in [-0.4, -0.2) is 54.4 Å². The molecule has 124 valence electrons. The molecule has 0 spiro atoms. The van der Waals surface area contributed by atoms with Gasteiger partial charge in [-0.2, -0.15) is 11.8 Å². The second-order valence-electron chi connectivity index (χ2n) is 5.18. The smallest absolute Gasteiger partial charge is 0.415 e. The van der Waals surface area contributed by atoms with E-state index in [0.29, 0.717) is 13.1 Å². The third-order valence-corrected chi connectivity index (χ3v) is 4.67. The summed E-state index contributed by atoms with van der Waals surface area (Å²) in [6, 6.07) is 2.07. The average molecular weight is 344 g/mol. The number of nitrogens with zero attached hydrogens (tertiary/aromatic N) is 2. The van der Waals surface area contributed by atoms with Crippen molar-refractivity contribution in [2.45, 2.75) is 6.10 Å². The molecule has 2 aliphatic heterocycles. The van der Waals surface area contributed by atoms with Gasteiger partial charge in [0, 0.05) is 36.7 Å². The summed E-state index contributed by atoms with van der Waals surface area (Å²) in [6.45, 7) is 0.808. The van der Waals surface area contributed by atoms with Crippen LogP contribution in [0.2, 0.25) is 0 Å². The van der Waals surface area contributed by atoms with E-state index < -0.39 is 29.8 Å². The van der Waals surface area contributed by atoms with Crippen LogP contribution < -0.4 is 9.80 Å². The highest BCUT2D eigenvalue weighted by Gasteiger charge is 2.37. The maximum Gasteiger partial charge on any atom is 0.415 e. The summed E-state index contributed by atoms with van der Waals surface area (Å²) in [5, 5.41) is 8.86. The van der Waals surface area contributed by atoms with E-state index in [1.807, 2.05) is 0 Å². The Balaban J connectivity index is 1.88. The molecule has 1 aromatic carbocycles. The van der Waals surface area contributed by atoms with Gasteiger partial charge < -0.3 is 14.7 Å². The minimum Gasteiger partial charge on any atom is -0.478 e. The summed E-state index contributed by atoms with van der Waals surface area (Å²) in [4.78, 5) is 25.1. The second kappa shape index (κ2) is 6.23. The predicted molar refractivity (Wildman–Crippen MR) is 81.1 cm³/mol. The first-order valence-electron chi connectivity index (χ1n) is 7.00. The van der Waals surface area contributed by atoms with Crippen molar-refractivity contribution in [2.24, 2.45) is 0 Å². The zero-order valence-corrected chi connectivity index (χ0v) is 12.8. The lowest BCUT2D eigenvalue weighted by atomic mass is 10.2. The number of carbonyl (C=O) groups is 2. The number of hydrogen-bond acceptors (Lipinski definition) is 5. The van der Waals surface area contributed by atoms with E-state index in [0.717, 1.165) is 28.5 Å². The molecule has 2 aliphatic rings. The van der Waals surface area contributed by atoms with Gasteiger partial charge in [0.1, 0.15) is 5.69 Å². The fourth-order valence-electron chi connectivity index (χ4n) is 2.60. The molecule has 1 N–H and O–H groups in total. The van der Waals surface area contributed by atoms with E-state index in [1.54, 1.807) is 16.7 Å². The van der Waals surface area contributed by atoms with Crippen LogP contribution in [-0.2, 0) is 9.53 Å². The quantitative estimate of drug-likeness (QED) is 0.904. The molecular weight excluding hydrogens is 330 g/mol. The fraction of sp³-hybridized carbons (Fsp3) is 0.429. The first kappa shape index (κ1) is 15.9. The van der Waals surface area contributed by atoms with Crippen LogP contribution in [0, 0.1) is 11.6 Å². The van der Waals surface area contributed by atoms with Gasteiger partial charge in [0.05, 0.1) is 12.2 Å². The first-order chi connectivity index (χ1) is 11.0. The molecule has 0 unspecified atom stereocenters. The number of aliphatic carboxylic acids is 1. The number of benzene rings is 1. The van der Waals surface area contributed by atoms with Gasteiger partial charge in [0.2, 0.25) is 6.10 Å². The number of carboxylic acid groups (broad SMARTS) is 1. The van der Waals surface area contributed by atoms with Gasteiger partial charge in [-0.3, -0.25) is 4.90 Å². The largest absolute Gasteiger partial charge is 0.478 e. The van der Waals surface area contributed by atoms with Crippen molar-refractivity contribution in [3.63, 3.8) is 0 Å². The van der Waals surface area contributed by atoms with Crippen LogP contribution in [0.3, 0.4) is 0 Å². The number of hydrogen-bond donors (Lipinski definition) is 1. The lowest BCUT2D eigenvalue weighted by Crippen LogP contribution is -2.34. The Morgan fingerprint density at radius 3 is 2.39 bits per heavy atom. The van der Waals surface area contributed by atoms with E-state index in [4.69, 9.17) is 5.11 Å². The summed E-state index contributed by atoms with van der Waals surface area (Å²) >= 11 is 1.72. The van der Waals surface area contributed by atoms with Gasteiger partial charge in [-0.05, 0) is 0 Å². The fourth-order valence-corrected chi connectivity index (χ4v) is 3.50. The van der Waals surface area contributed by atoms with E-state index in [1.165, 1.54) is 0 Å². The van der Waals surface area contributed by atoms with Gasteiger partial charge in [0.15, 0.2) is 11.6 Å². The lowest BCUT2D eigenvalue weighted by molar-refractivity contribution is -0.144. The van der Waals surface area contributed by atoms with E-state index in [9.17, 15) is 18.4 Å². The number of thioether (sulfide) groups is 1. The Morgan fingerprint density at radius 2 is 1.87 bits per heavy atom. The minimum atomic E-state index is -1.34. The Kier molecular flexibility index (Phi) is 4.29. The molecule has 0 aliphatic carbocycles. The van der Waals surface area contributed by atoms with Gasteiger partial charge in [0.25, 0.3) is 0 Å². The van der Waals surface area contributed by atoms with Gasteiger partial charge in [-0.1, -0.05) is 0 Å². The average Bonchev–Trinajstić information content (AvgIpc) is 2.90. The third kappa shape index (κ3) is 3.05. The van der Waals surface area contributed by atoms with E-state index in [2.05, 4.69) is 4.74 Å². The number of amides is 1. The van der Waals surface area contributed by atoms with Crippen molar-refractivity contribution in [2.75, 3.05) is 40.9 Å². The van der Waals surface area contributed by atoms with Crippen molar-refractivity contribution < 1.29 is 28.2 Å². The number of rotatable bonds is 3. The third-order valence-electron chi connectivity index (χ3n) is 3.73. The van der Waals surface area contributed by atoms with E-state index in [-0.39, 0.29) is 17.9 Å². The highest BCUT2D eigenvalue weighted by atomic mass is 32.2. The topological polar surface area (TPSA) is 70.1 Å². The van der Waals surface area contributed by atoms with Crippen LogP contribution in [0.1, 0.15) is 0 Å². The molecule has 1 atom stereocenters. The summed E-state index contributed by atoms with van der Waals surface area (Å²) in [6.07, 6.45) is -2.27. The van der Waals surface area contributed by atoms with Crippen molar-refractivity contribution in [3.8, 4) is 0 Å². The van der Waals surface area contributed by atoms with Crippen LogP contribution >= 0.6 is 11.8 Å². The predicted octanol–water partition coefficient (Wildman–Crippen LogP) is 1.93. The number of carboxylic acids is 1. The van der Waals surface area contributed by atoms with Gasteiger partial charge >= 0.3 is 12.1 Å². The van der Waals surface area contributed by atoms with Crippen LogP contribution in [0.15, 0.2) is 12.1 Å². The van der Waals surface area contributed by atoms with Crippen LogP contribution in [0.4, 0.5) is 25.0 Å². The molecule has 0 saturated carbocycles. The molecule has 2 saturated heterocycles. The zero-order chi connectivity index (χ0) is 16.6. The van der Waals surface area contributed by atoms with Crippen molar-refractivity contribution in [1.82, 2.24) is 0 Å². The summed E-state index contributed by atoms with van der Waals surface area (Å²) in [5.74, 6) is -1.28. The SMILES string of the molecule is O=C(O)[C@H]1CN(c2cc(F)c(N3CCSCC3)c(F)c2)C(=O)O1. The second-order valence-corrected chi connectivity index (χ2v) is 6.40. The Hall–Kier alpha value is -2.03. The van der Waals surface area contributed by atoms with Crippen molar-refractivity contribution >= 4 is 35.2 Å². The Labute approximate surface area is 135 Å². The molecular formula is C14H14F2N2O4S. The highest BCUT2D eigenvalue weighted by Crippen LogP contribution is 2.32. The Bertz CT molecular complexity index is 629. The normalized spacial score (nSPS) is 21.5. The summed E-state index contributed by atoms with van der Waals surface area (Å²) < 4.78 is 33.3. The molecule has 2 fully saturated rings. The number of carbonyl (C=O) groups excluding carboxylic acids is 1. The molecule has 3 rings (SSSR count). The standard InChI is InChI=1S/C14H14F2N2O4S/c15-9-5-8(18-7-11(13(19)20)22-14(18)21)6-10(16)12(9)17-1-3-23-4-2-17/h5-6,11H,1-4,7H2,(H,19,20)/t11-/m1/s1. The molecule has 0 bridgehead atoms. The summed E-state index contributed by atoms with van der Waals surface area (Å²) in [7, 11) is 0. The number of anilines is 2. The number of halogens is 2. The van der Waals surface area contributed by atoms with Gasteiger partial charge in [-0.25, -0.2) is 18.4 Å². The molecule has 2 heterocycles. The molecule has 1 aromatic rings. The maximum absolute atomic E-state index is 14.3. The zero-order valence-electron chi connectivity index (χ0n) is 12.0. The Morgan fingerprint density at radius 1 is 1.26 bits per heavy atom. The molecule has 1 amide bonds. The van der Waals surface area contributed by atoms with Gasteiger partial charge in [-0.15, -0.1) is 0 Å². The molecule has 0 aromatic heterocycles. The number of ether oxygens (including phenoxy) is 1. The molecule has 9 heteroatoms. The van der Waals surface area contributed by atoms with E-state index >= 15 is 0 Å². The van der Waals surface area contributed by atoms with Crippen LogP contribution in [0.5, 0.6) is 0 Å². The summed E-state index contributed by atoms with van der Waals surface area (Å²) in [5.41, 5.74) is -0.166. The lowest BCUT2D eigenvalue weighted by Gasteiger charge is -2.29.